The maximum atomic E-state index is 12.4. The Morgan fingerprint density at radius 3 is 2.67 bits per heavy atom. The maximum Gasteiger partial charge on any atom is 0.230 e. The van der Waals surface area contributed by atoms with Crippen molar-refractivity contribution in [2.24, 2.45) is 0 Å². The molecule has 6 nitrogen and oxygen atoms in total. The van der Waals surface area contributed by atoms with E-state index in [9.17, 15) is 4.79 Å². The summed E-state index contributed by atoms with van der Waals surface area (Å²) < 4.78 is 2.04. The zero-order chi connectivity index (χ0) is 20.8. The van der Waals surface area contributed by atoms with Crippen molar-refractivity contribution in [2.45, 2.75) is 50.4 Å². The summed E-state index contributed by atoms with van der Waals surface area (Å²) in [6.07, 6.45) is 4.59. The van der Waals surface area contributed by atoms with Gasteiger partial charge in [-0.3, -0.25) is 9.36 Å². The Hall–Kier alpha value is -2.80. The fraction of sp³-hybridized carbons (Fsp3) is 0.348. The fourth-order valence-electron chi connectivity index (χ4n) is 3.74. The van der Waals surface area contributed by atoms with Gasteiger partial charge in [0.05, 0.1) is 12.3 Å². The highest BCUT2D eigenvalue weighted by Crippen LogP contribution is 2.24. The van der Waals surface area contributed by atoms with E-state index >= 15 is 0 Å². The number of para-hydroxylation sites is 1. The third-order valence-corrected chi connectivity index (χ3v) is 6.17. The second kappa shape index (κ2) is 9.80. The van der Waals surface area contributed by atoms with E-state index in [4.69, 9.17) is 0 Å². The molecule has 0 spiro atoms. The number of benzene rings is 2. The lowest BCUT2D eigenvalue weighted by atomic mass is 10.2. The van der Waals surface area contributed by atoms with E-state index in [2.05, 4.69) is 39.9 Å². The SMILES string of the molecule is Cc1cccc(-n2c(CNc3ccccc3)nnc2SCC(=O)NC2CCCC2)c1. The molecule has 7 heteroatoms. The molecule has 1 aromatic heterocycles. The van der Waals surface area contributed by atoms with Gasteiger partial charge in [-0.25, -0.2) is 0 Å². The Labute approximate surface area is 181 Å². The molecule has 0 aliphatic heterocycles. The lowest BCUT2D eigenvalue weighted by Crippen LogP contribution is -2.33. The number of amides is 1. The Bertz CT molecular complexity index is 982. The van der Waals surface area contributed by atoms with Crippen molar-refractivity contribution in [1.82, 2.24) is 20.1 Å². The number of hydrogen-bond donors (Lipinski definition) is 2. The monoisotopic (exact) mass is 421 g/mol. The van der Waals surface area contributed by atoms with Crippen LogP contribution in [0.1, 0.15) is 37.1 Å². The molecule has 1 aliphatic carbocycles. The van der Waals surface area contributed by atoms with Crippen molar-refractivity contribution >= 4 is 23.4 Å². The van der Waals surface area contributed by atoms with E-state index in [1.165, 1.54) is 24.6 Å². The average molecular weight is 422 g/mol. The summed E-state index contributed by atoms with van der Waals surface area (Å²) >= 11 is 1.43. The summed E-state index contributed by atoms with van der Waals surface area (Å²) in [7, 11) is 0. The van der Waals surface area contributed by atoms with Gasteiger partial charge in [0.2, 0.25) is 5.91 Å². The number of carbonyl (C=O) groups excluding carboxylic acids is 1. The van der Waals surface area contributed by atoms with Gasteiger partial charge in [-0.1, -0.05) is 54.9 Å². The minimum Gasteiger partial charge on any atom is -0.378 e. The molecule has 0 atom stereocenters. The first-order chi connectivity index (χ1) is 14.7. The molecule has 2 N–H and O–H groups in total. The predicted molar refractivity (Wildman–Crippen MR) is 121 cm³/mol. The molecular formula is C23H27N5OS. The molecule has 30 heavy (non-hydrogen) atoms. The molecule has 4 rings (SSSR count). The topological polar surface area (TPSA) is 71.8 Å². The smallest absolute Gasteiger partial charge is 0.230 e. The molecule has 1 fully saturated rings. The van der Waals surface area contributed by atoms with Crippen molar-refractivity contribution in [3.05, 3.63) is 66.0 Å². The van der Waals surface area contributed by atoms with Crippen LogP contribution in [0.3, 0.4) is 0 Å². The van der Waals surface area contributed by atoms with E-state index < -0.39 is 0 Å². The summed E-state index contributed by atoms with van der Waals surface area (Å²) in [6, 6.07) is 18.6. The van der Waals surface area contributed by atoms with Gasteiger partial charge in [0.1, 0.15) is 0 Å². The standard InChI is InChI=1S/C23H27N5OS/c1-17-8-7-13-20(14-17)28-21(15-24-18-9-3-2-4-10-18)26-27-23(28)30-16-22(29)25-19-11-5-6-12-19/h2-4,7-10,13-14,19,24H,5-6,11-12,15-16H2,1H3,(H,25,29). The Morgan fingerprint density at radius 1 is 1.10 bits per heavy atom. The molecule has 3 aromatic rings. The highest BCUT2D eigenvalue weighted by atomic mass is 32.2. The molecule has 1 aliphatic rings. The van der Waals surface area contributed by atoms with Gasteiger partial charge >= 0.3 is 0 Å². The van der Waals surface area contributed by atoms with E-state index in [0.717, 1.165) is 40.8 Å². The van der Waals surface area contributed by atoms with Crippen LogP contribution in [0, 0.1) is 6.92 Å². The van der Waals surface area contributed by atoms with Crippen LogP contribution < -0.4 is 10.6 Å². The molecule has 1 amide bonds. The number of rotatable bonds is 8. The normalized spacial score (nSPS) is 14.0. The lowest BCUT2D eigenvalue weighted by molar-refractivity contribution is -0.119. The van der Waals surface area contributed by atoms with E-state index in [1.807, 2.05) is 47.0 Å². The average Bonchev–Trinajstić information content (AvgIpc) is 3.41. The quantitative estimate of drug-likeness (QED) is 0.530. The molecule has 2 aromatic carbocycles. The molecule has 0 bridgehead atoms. The molecule has 0 radical (unpaired) electrons. The number of hydrogen-bond acceptors (Lipinski definition) is 5. The van der Waals surface area contributed by atoms with Gasteiger partial charge < -0.3 is 10.6 Å². The lowest BCUT2D eigenvalue weighted by Gasteiger charge is -2.13. The molecule has 0 unspecified atom stereocenters. The Kier molecular flexibility index (Phi) is 6.69. The first-order valence-electron chi connectivity index (χ1n) is 10.4. The third-order valence-electron chi connectivity index (χ3n) is 5.24. The van der Waals surface area contributed by atoms with Crippen molar-refractivity contribution in [3.63, 3.8) is 0 Å². The molecule has 0 saturated heterocycles. The molecule has 1 saturated carbocycles. The van der Waals surface area contributed by atoms with Gasteiger partial charge in [-0.2, -0.15) is 0 Å². The summed E-state index contributed by atoms with van der Waals surface area (Å²) in [4.78, 5) is 12.4. The number of anilines is 1. The summed E-state index contributed by atoms with van der Waals surface area (Å²) in [5.74, 6) is 1.21. The van der Waals surface area contributed by atoms with Crippen LogP contribution in [-0.2, 0) is 11.3 Å². The summed E-state index contributed by atoms with van der Waals surface area (Å²) in [5.41, 5.74) is 3.20. The van der Waals surface area contributed by atoms with Crippen molar-refractivity contribution in [3.8, 4) is 5.69 Å². The van der Waals surface area contributed by atoms with Crippen LogP contribution in [-0.4, -0.2) is 32.5 Å². The molecule has 1 heterocycles. The van der Waals surface area contributed by atoms with E-state index in [1.54, 1.807) is 0 Å². The van der Waals surface area contributed by atoms with Gasteiger partial charge in [0, 0.05) is 17.4 Å². The van der Waals surface area contributed by atoms with E-state index in [-0.39, 0.29) is 5.91 Å². The van der Waals surface area contributed by atoms with E-state index in [0.29, 0.717) is 18.3 Å². The van der Waals surface area contributed by atoms with Crippen molar-refractivity contribution in [1.29, 1.82) is 0 Å². The highest BCUT2D eigenvalue weighted by molar-refractivity contribution is 7.99. The summed E-state index contributed by atoms with van der Waals surface area (Å²) in [6.45, 7) is 2.61. The number of thioether (sulfide) groups is 1. The van der Waals surface area contributed by atoms with Gasteiger partial charge in [-0.05, 0) is 49.6 Å². The first kappa shape index (κ1) is 20.5. The van der Waals surface area contributed by atoms with Gasteiger partial charge in [0.25, 0.3) is 0 Å². The highest BCUT2D eigenvalue weighted by Gasteiger charge is 2.19. The number of aryl methyl sites for hydroxylation is 1. The molecular weight excluding hydrogens is 394 g/mol. The predicted octanol–water partition coefficient (Wildman–Crippen LogP) is 4.34. The van der Waals surface area contributed by atoms with Crippen LogP contribution >= 0.6 is 11.8 Å². The van der Waals surface area contributed by atoms with Crippen molar-refractivity contribution < 1.29 is 4.79 Å². The van der Waals surface area contributed by atoms with Crippen LogP contribution in [0.5, 0.6) is 0 Å². The minimum absolute atomic E-state index is 0.0645. The second-order valence-electron chi connectivity index (χ2n) is 7.63. The first-order valence-corrected chi connectivity index (χ1v) is 11.4. The zero-order valence-electron chi connectivity index (χ0n) is 17.2. The summed E-state index contributed by atoms with van der Waals surface area (Å²) in [5, 5.41) is 16.1. The Balaban J connectivity index is 1.50. The number of aromatic nitrogens is 3. The van der Waals surface area contributed by atoms with Crippen LogP contribution in [0.15, 0.2) is 59.8 Å². The third kappa shape index (κ3) is 5.21. The van der Waals surface area contributed by atoms with Crippen LogP contribution in [0.25, 0.3) is 5.69 Å². The van der Waals surface area contributed by atoms with Crippen LogP contribution in [0.2, 0.25) is 0 Å². The van der Waals surface area contributed by atoms with Crippen molar-refractivity contribution in [2.75, 3.05) is 11.1 Å². The number of carbonyl (C=O) groups is 1. The second-order valence-corrected chi connectivity index (χ2v) is 8.57. The minimum atomic E-state index is 0.0645. The fourth-order valence-corrected chi connectivity index (χ4v) is 4.52. The zero-order valence-corrected chi connectivity index (χ0v) is 18.0. The largest absolute Gasteiger partial charge is 0.378 e. The maximum absolute atomic E-state index is 12.4. The number of nitrogens with one attached hydrogen (secondary N) is 2. The van der Waals surface area contributed by atoms with Gasteiger partial charge in [-0.15, -0.1) is 10.2 Å². The van der Waals surface area contributed by atoms with Crippen LogP contribution in [0.4, 0.5) is 5.69 Å². The Morgan fingerprint density at radius 2 is 1.90 bits per heavy atom. The number of nitrogens with zero attached hydrogens (tertiary/aromatic N) is 3. The van der Waals surface area contributed by atoms with Gasteiger partial charge in [0.15, 0.2) is 11.0 Å². The molecule has 156 valence electrons.